The van der Waals surface area contributed by atoms with Gasteiger partial charge in [0.25, 0.3) is 5.89 Å². The maximum atomic E-state index is 9.47. The van der Waals surface area contributed by atoms with Gasteiger partial charge in [0.05, 0.1) is 12.2 Å². The summed E-state index contributed by atoms with van der Waals surface area (Å²) in [5.41, 5.74) is 2.35. The molecule has 0 bridgehead atoms. The van der Waals surface area contributed by atoms with Gasteiger partial charge in [0.2, 0.25) is 0 Å². The van der Waals surface area contributed by atoms with Crippen molar-refractivity contribution in [2.45, 2.75) is 5.92 Å². The Morgan fingerprint density at radius 2 is 1.59 bits per heavy atom. The van der Waals surface area contributed by atoms with Crippen molar-refractivity contribution >= 4 is 11.6 Å². The summed E-state index contributed by atoms with van der Waals surface area (Å²) in [5.74, 6) is 1.03. The van der Waals surface area contributed by atoms with Gasteiger partial charge in [0, 0.05) is 6.08 Å². The van der Waals surface area contributed by atoms with Gasteiger partial charge in [-0.1, -0.05) is 65.8 Å². The van der Waals surface area contributed by atoms with Crippen molar-refractivity contribution in [3.05, 3.63) is 108 Å². The van der Waals surface area contributed by atoms with E-state index in [9.17, 15) is 5.26 Å². The molecular formula is C22H15N3O2. The molecule has 0 unspecified atom stereocenters. The standard InChI is InChI=1S/C22H15N3O2/c23-15-18(14-19-12-7-13-26-19)22-24-21(25-27-22)20(16-8-3-1-4-9-16)17-10-5-2-6-11-17/h1-14,20H/b18-14+. The molecule has 130 valence electrons. The number of hydrogen-bond donors (Lipinski definition) is 0. The highest BCUT2D eigenvalue weighted by Crippen LogP contribution is 2.30. The molecule has 5 nitrogen and oxygen atoms in total. The topological polar surface area (TPSA) is 75.8 Å². The van der Waals surface area contributed by atoms with Gasteiger partial charge in [-0.3, -0.25) is 0 Å². The summed E-state index contributed by atoms with van der Waals surface area (Å²) < 4.78 is 10.7. The second kappa shape index (κ2) is 7.54. The van der Waals surface area contributed by atoms with Crippen molar-refractivity contribution in [3.8, 4) is 6.07 Å². The minimum Gasteiger partial charge on any atom is -0.465 e. The smallest absolute Gasteiger partial charge is 0.268 e. The van der Waals surface area contributed by atoms with Crippen LogP contribution in [0.5, 0.6) is 0 Å². The lowest BCUT2D eigenvalue weighted by molar-refractivity contribution is 0.400. The third kappa shape index (κ3) is 3.55. The van der Waals surface area contributed by atoms with E-state index in [0.717, 1.165) is 11.1 Å². The van der Waals surface area contributed by atoms with Crippen molar-refractivity contribution in [1.29, 1.82) is 5.26 Å². The number of rotatable bonds is 5. The maximum Gasteiger partial charge on any atom is 0.268 e. The molecule has 0 amide bonds. The average molecular weight is 353 g/mol. The lowest BCUT2D eigenvalue weighted by atomic mass is 9.91. The molecule has 4 aromatic rings. The fraction of sp³-hybridized carbons (Fsp3) is 0.0455. The van der Waals surface area contributed by atoms with E-state index in [2.05, 4.69) is 16.2 Å². The van der Waals surface area contributed by atoms with E-state index in [1.54, 1.807) is 24.5 Å². The molecule has 2 aromatic heterocycles. The second-order valence-corrected chi connectivity index (χ2v) is 5.90. The lowest BCUT2D eigenvalue weighted by Gasteiger charge is -2.13. The SMILES string of the molecule is N#C/C(=C\c1ccco1)c1nc(C(c2ccccc2)c2ccccc2)no1. The van der Waals surface area contributed by atoms with Crippen molar-refractivity contribution in [3.63, 3.8) is 0 Å². The van der Waals surface area contributed by atoms with Crippen molar-refractivity contribution in [1.82, 2.24) is 10.1 Å². The van der Waals surface area contributed by atoms with E-state index in [0.29, 0.717) is 11.6 Å². The Hall–Kier alpha value is -3.91. The van der Waals surface area contributed by atoms with Crippen LogP contribution in [0, 0.1) is 11.3 Å². The van der Waals surface area contributed by atoms with Gasteiger partial charge < -0.3 is 8.94 Å². The quantitative estimate of drug-likeness (QED) is 0.477. The van der Waals surface area contributed by atoms with Gasteiger partial charge in [-0.05, 0) is 23.3 Å². The van der Waals surface area contributed by atoms with Crippen molar-refractivity contribution < 1.29 is 8.94 Å². The van der Waals surface area contributed by atoms with Crippen molar-refractivity contribution in [2.75, 3.05) is 0 Å². The summed E-state index contributed by atoms with van der Waals surface area (Å²) in [4.78, 5) is 4.50. The molecular weight excluding hydrogens is 338 g/mol. The van der Waals surface area contributed by atoms with Gasteiger partial charge in [-0.25, -0.2) is 0 Å². The summed E-state index contributed by atoms with van der Waals surface area (Å²) in [6, 6.07) is 25.5. The van der Waals surface area contributed by atoms with Crippen LogP contribution in [0.1, 0.15) is 34.5 Å². The Bertz CT molecular complexity index is 1040. The molecule has 0 aliphatic carbocycles. The summed E-state index contributed by atoms with van der Waals surface area (Å²) >= 11 is 0. The number of hydrogen-bond acceptors (Lipinski definition) is 5. The molecule has 5 heteroatoms. The van der Waals surface area contributed by atoms with Crippen LogP contribution in [0.15, 0.2) is 88.0 Å². The third-order valence-electron chi connectivity index (χ3n) is 4.15. The van der Waals surface area contributed by atoms with Crippen LogP contribution >= 0.6 is 0 Å². The largest absolute Gasteiger partial charge is 0.465 e. The first-order valence-corrected chi connectivity index (χ1v) is 8.44. The van der Waals surface area contributed by atoms with Crippen LogP contribution in [0.2, 0.25) is 0 Å². The third-order valence-corrected chi connectivity index (χ3v) is 4.15. The second-order valence-electron chi connectivity index (χ2n) is 5.90. The molecule has 0 N–H and O–H groups in total. The molecule has 0 atom stereocenters. The van der Waals surface area contributed by atoms with Crippen LogP contribution in [-0.4, -0.2) is 10.1 Å². The Morgan fingerprint density at radius 3 is 2.15 bits per heavy atom. The highest BCUT2D eigenvalue weighted by molar-refractivity contribution is 5.85. The summed E-state index contributed by atoms with van der Waals surface area (Å²) in [5, 5.41) is 13.6. The zero-order valence-electron chi connectivity index (χ0n) is 14.3. The van der Waals surface area contributed by atoms with Crippen LogP contribution < -0.4 is 0 Å². The summed E-state index contributed by atoms with van der Waals surface area (Å²) in [6.45, 7) is 0. The molecule has 0 aliphatic rings. The molecule has 0 fully saturated rings. The van der Waals surface area contributed by atoms with Gasteiger partial charge >= 0.3 is 0 Å². The molecule has 27 heavy (non-hydrogen) atoms. The van der Waals surface area contributed by atoms with E-state index < -0.39 is 0 Å². The summed E-state index contributed by atoms with van der Waals surface area (Å²) in [7, 11) is 0. The minimum absolute atomic E-state index is 0.167. The number of aromatic nitrogens is 2. The number of nitrogens with zero attached hydrogens (tertiary/aromatic N) is 3. The van der Waals surface area contributed by atoms with Crippen LogP contribution in [0.4, 0.5) is 0 Å². The predicted octanol–water partition coefficient (Wildman–Crippen LogP) is 4.91. The Morgan fingerprint density at radius 1 is 0.926 bits per heavy atom. The zero-order chi connectivity index (χ0) is 18.5. The van der Waals surface area contributed by atoms with E-state index in [-0.39, 0.29) is 17.4 Å². The number of benzene rings is 2. The minimum atomic E-state index is -0.187. The number of nitriles is 1. The zero-order valence-corrected chi connectivity index (χ0v) is 14.3. The first-order valence-electron chi connectivity index (χ1n) is 8.44. The van der Waals surface area contributed by atoms with Crippen LogP contribution in [-0.2, 0) is 0 Å². The molecule has 4 rings (SSSR count). The summed E-state index contributed by atoms with van der Waals surface area (Å²) in [6.07, 6.45) is 3.12. The molecule has 0 radical (unpaired) electrons. The normalized spacial score (nSPS) is 11.5. The molecule has 2 heterocycles. The molecule has 0 saturated carbocycles. The van der Waals surface area contributed by atoms with E-state index in [1.165, 1.54) is 0 Å². The van der Waals surface area contributed by atoms with Crippen LogP contribution in [0.3, 0.4) is 0 Å². The first-order chi connectivity index (χ1) is 13.3. The van der Waals surface area contributed by atoms with E-state index >= 15 is 0 Å². The fourth-order valence-corrected chi connectivity index (χ4v) is 2.90. The number of allylic oxidation sites excluding steroid dienone is 1. The highest BCUT2D eigenvalue weighted by atomic mass is 16.5. The van der Waals surface area contributed by atoms with Gasteiger partial charge in [-0.15, -0.1) is 0 Å². The fourth-order valence-electron chi connectivity index (χ4n) is 2.90. The van der Waals surface area contributed by atoms with Gasteiger partial charge in [0.15, 0.2) is 5.82 Å². The van der Waals surface area contributed by atoms with Gasteiger partial charge in [0.1, 0.15) is 17.4 Å². The Labute approximate surface area is 156 Å². The average Bonchev–Trinajstić information content (AvgIpc) is 3.40. The van der Waals surface area contributed by atoms with Crippen molar-refractivity contribution in [2.24, 2.45) is 0 Å². The molecule has 2 aromatic carbocycles. The Balaban J connectivity index is 1.76. The lowest BCUT2D eigenvalue weighted by Crippen LogP contribution is -2.05. The monoisotopic (exact) mass is 353 g/mol. The van der Waals surface area contributed by atoms with Crippen LogP contribution in [0.25, 0.3) is 11.6 Å². The highest BCUT2D eigenvalue weighted by Gasteiger charge is 2.23. The molecule has 0 spiro atoms. The van der Waals surface area contributed by atoms with E-state index in [4.69, 9.17) is 8.94 Å². The number of furan rings is 1. The maximum absolute atomic E-state index is 9.47. The predicted molar refractivity (Wildman–Crippen MR) is 100 cm³/mol. The molecule has 0 saturated heterocycles. The molecule has 0 aliphatic heterocycles. The first kappa shape index (κ1) is 16.6. The van der Waals surface area contributed by atoms with E-state index in [1.807, 2.05) is 60.7 Å². The Kier molecular flexibility index (Phi) is 4.62. The van der Waals surface area contributed by atoms with Gasteiger partial charge in [-0.2, -0.15) is 10.2 Å².